The Morgan fingerprint density at radius 1 is 1.50 bits per heavy atom. The topological polar surface area (TPSA) is 41.6 Å². The molecular formula is C17H25ClN2O2. The number of rotatable bonds is 5. The SMILES string of the molecule is CCC(=O)N1CC[C@H](NCc2ccc(OC)c(Cl)c2)[C@H](C)C1. The number of nitrogens with one attached hydrogen (secondary N) is 1. The second-order valence-electron chi connectivity index (χ2n) is 5.92. The van der Waals surface area contributed by atoms with Crippen molar-refractivity contribution in [1.29, 1.82) is 0 Å². The van der Waals surface area contributed by atoms with E-state index in [-0.39, 0.29) is 5.91 Å². The van der Waals surface area contributed by atoms with Gasteiger partial charge in [-0.2, -0.15) is 0 Å². The molecule has 0 saturated carbocycles. The summed E-state index contributed by atoms with van der Waals surface area (Å²) in [6.45, 7) is 6.59. The van der Waals surface area contributed by atoms with Crippen molar-refractivity contribution in [3.63, 3.8) is 0 Å². The van der Waals surface area contributed by atoms with Gasteiger partial charge in [0.25, 0.3) is 0 Å². The third-order valence-electron chi connectivity index (χ3n) is 4.35. The van der Waals surface area contributed by atoms with Crippen molar-refractivity contribution in [1.82, 2.24) is 10.2 Å². The van der Waals surface area contributed by atoms with Gasteiger partial charge in [0.15, 0.2) is 0 Å². The van der Waals surface area contributed by atoms with Crippen LogP contribution >= 0.6 is 11.6 Å². The molecule has 4 nitrogen and oxygen atoms in total. The average molecular weight is 325 g/mol. The molecule has 1 fully saturated rings. The van der Waals surface area contributed by atoms with Gasteiger partial charge in [0.2, 0.25) is 5.91 Å². The van der Waals surface area contributed by atoms with E-state index in [0.717, 1.165) is 31.6 Å². The molecule has 0 bridgehead atoms. The van der Waals surface area contributed by atoms with Crippen LogP contribution in [0.25, 0.3) is 0 Å². The van der Waals surface area contributed by atoms with E-state index in [1.165, 1.54) is 0 Å². The number of hydrogen-bond acceptors (Lipinski definition) is 3. The Balaban J connectivity index is 1.87. The van der Waals surface area contributed by atoms with Crippen LogP contribution in [0, 0.1) is 5.92 Å². The van der Waals surface area contributed by atoms with Gasteiger partial charge >= 0.3 is 0 Å². The summed E-state index contributed by atoms with van der Waals surface area (Å²) < 4.78 is 5.17. The van der Waals surface area contributed by atoms with Gasteiger partial charge < -0.3 is 15.0 Å². The van der Waals surface area contributed by atoms with Gasteiger partial charge in [0, 0.05) is 32.1 Å². The third kappa shape index (κ3) is 4.14. The van der Waals surface area contributed by atoms with Crippen molar-refractivity contribution in [3.05, 3.63) is 28.8 Å². The molecule has 22 heavy (non-hydrogen) atoms. The maximum absolute atomic E-state index is 11.8. The Bertz CT molecular complexity index is 521. The fourth-order valence-electron chi connectivity index (χ4n) is 2.97. The number of carbonyl (C=O) groups excluding carboxylic acids is 1. The Morgan fingerprint density at radius 2 is 2.27 bits per heavy atom. The van der Waals surface area contributed by atoms with E-state index in [4.69, 9.17) is 16.3 Å². The zero-order valence-electron chi connectivity index (χ0n) is 13.6. The monoisotopic (exact) mass is 324 g/mol. The highest BCUT2D eigenvalue weighted by atomic mass is 35.5. The van der Waals surface area contributed by atoms with E-state index < -0.39 is 0 Å². The normalized spacial score (nSPS) is 21.7. The van der Waals surface area contributed by atoms with Crippen LogP contribution in [0.3, 0.4) is 0 Å². The molecule has 0 spiro atoms. The summed E-state index contributed by atoms with van der Waals surface area (Å²) in [5, 5.41) is 4.23. The summed E-state index contributed by atoms with van der Waals surface area (Å²) in [6, 6.07) is 6.29. The quantitative estimate of drug-likeness (QED) is 0.905. The van der Waals surface area contributed by atoms with Crippen LogP contribution in [0.4, 0.5) is 0 Å². The Hall–Kier alpha value is -1.26. The molecule has 1 aromatic rings. The number of methoxy groups -OCH3 is 1. The number of ether oxygens (including phenoxy) is 1. The van der Waals surface area contributed by atoms with Crippen molar-refractivity contribution in [2.75, 3.05) is 20.2 Å². The molecule has 0 radical (unpaired) electrons. The lowest BCUT2D eigenvalue weighted by Crippen LogP contribution is -2.49. The molecule has 1 aliphatic heterocycles. The summed E-state index contributed by atoms with van der Waals surface area (Å²) in [5.74, 6) is 1.41. The highest BCUT2D eigenvalue weighted by Gasteiger charge is 2.27. The Morgan fingerprint density at radius 3 is 2.86 bits per heavy atom. The maximum Gasteiger partial charge on any atom is 0.222 e. The van der Waals surface area contributed by atoms with E-state index in [2.05, 4.69) is 12.2 Å². The van der Waals surface area contributed by atoms with Gasteiger partial charge in [-0.05, 0) is 30.0 Å². The van der Waals surface area contributed by atoms with E-state index in [1.54, 1.807) is 7.11 Å². The van der Waals surface area contributed by atoms with Crippen molar-refractivity contribution < 1.29 is 9.53 Å². The number of likely N-dealkylation sites (tertiary alicyclic amines) is 1. The minimum atomic E-state index is 0.257. The zero-order valence-corrected chi connectivity index (χ0v) is 14.3. The lowest BCUT2D eigenvalue weighted by molar-refractivity contribution is -0.132. The summed E-state index contributed by atoms with van der Waals surface area (Å²) in [6.07, 6.45) is 1.59. The highest BCUT2D eigenvalue weighted by Crippen LogP contribution is 2.25. The molecule has 122 valence electrons. The van der Waals surface area contributed by atoms with Crippen molar-refractivity contribution >= 4 is 17.5 Å². The van der Waals surface area contributed by atoms with Crippen LogP contribution in [0.5, 0.6) is 5.75 Å². The fourth-order valence-corrected chi connectivity index (χ4v) is 3.25. The summed E-state index contributed by atoms with van der Waals surface area (Å²) in [4.78, 5) is 13.8. The van der Waals surface area contributed by atoms with Gasteiger partial charge in [-0.15, -0.1) is 0 Å². The molecular weight excluding hydrogens is 300 g/mol. The number of hydrogen-bond donors (Lipinski definition) is 1. The number of nitrogens with zero attached hydrogens (tertiary/aromatic N) is 1. The van der Waals surface area contributed by atoms with Crippen LogP contribution in [0.15, 0.2) is 18.2 Å². The largest absolute Gasteiger partial charge is 0.495 e. The van der Waals surface area contributed by atoms with Crippen LogP contribution in [-0.2, 0) is 11.3 Å². The average Bonchev–Trinajstić information content (AvgIpc) is 2.53. The van der Waals surface area contributed by atoms with Crippen LogP contribution < -0.4 is 10.1 Å². The Labute approximate surface area is 137 Å². The molecule has 0 unspecified atom stereocenters. The second-order valence-corrected chi connectivity index (χ2v) is 6.32. The summed E-state index contributed by atoms with van der Waals surface area (Å²) >= 11 is 6.15. The van der Waals surface area contributed by atoms with Crippen LogP contribution in [0.1, 0.15) is 32.3 Å². The van der Waals surface area contributed by atoms with Crippen molar-refractivity contribution in [2.45, 2.75) is 39.3 Å². The summed E-state index contributed by atoms with van der Waals surface area (Å²) in [7, 11) is 1.62. The minimum Gasteiger partial charge on any atom is -0.495 e. The number of carbonyl (C=O) groups is 1. The van der Waals surface area contributed by atoms with E-state index >= 15 is 0 Å². The van der Waals surface area contributed by atoms with Gasteiger partial charge in [0.1, 0.15) is 5.75 Å². The lowest BCUT2D eigenvalue weighted by atomic mass is 9.93. The summed E-state index contributed by atoms with van der Waals surface area (Å²) in [5.41, 5.74) is 1.14. The smallest absolute Gasteiger partial charge is 0.222 e. The third-order valence-corrected chi connectivity index (χ3v) is 4.64. The predicted molar refractivity (Wildman–Crippen MR) is 89.3 cm³/mol. The number of halogens is 1. The first kappa shape index (κ1) is 17.1. The number of piperidine rings is 1. The molecule has 0 aromatic heterocycles. The molecule has 0 aliphatic carbocycles. The van der Waals surface area contributed by atoms with E-state index in [9.17, 15) is 4.79 Å². The van der Waals surface area contributed by atoms with E-state index in [1.807, 2.05) is 30.0 Å². The maximum atomic E-state index is 11.8. The molecule has 2 rings (SSSR count). The van der Waals surface area contributed by atoms with Crippen LogP contribution in [0.2, 0.25) is 5.02 Å². The van der Waals surface area contributed by atoms with Gasteiger partial charge in [-0.3, -0.25) is 4.79 Å². The van der Waals surface area contributed by atoms with Crippen molar-refractivity contribution in [3.8, 4) is 5.75 Å². The highest BCUT2D eigenvalue weighted by molar-refractivity contribution is 6.32. The van der Waals surface area contributed by atoms with Gasteiger partial charge in [0.05, 0.1) is 12.1 Å². The Kier molecular flexibility index (Phi) is 6.09. The van der Waals surface area contributed by atoms with E-state index in [0.29, 0.717) is 29.2 Å². The lowest BCUT2D eigenvalue weighted by Gasteiger charge is -2.37. The first-order chi connectivity index (χ1) is 10.5. The molecule has 1 aliphatic rings. The molecule has 1 amide bonds. The molecule has 2 atom stereocenters. The molecule has 1 heterocycles. The molecule has 1 N–H and O–H groups in total. The first-order valence-corrected chi connectivity index (χ1v) is 8.26. The van der Waals surface area contributed by atoms with Gasteiger partial charge in [-0.25, -0.2) is 0 Å². The molecule has 1 saturated heterocycles. The number of benzene rings is 1. The fraction of sp³-hybridized carbons (Fsp3) is 0.588. The minimum absolute atomic E-state index is 0.257. The number of amides is 1. The van der Waals surface area contributed by atoms with Gasteiger partial charge in [-0.1, -0.05) is 31.5 Å². The van der Waals surface area contributed by atoms with Crippen molar-refractivity contribution in [2.24, 2.45) is 5.92 Å². The predicted octanol–water partition coefficient (Wildman–Crippen LogP) is 3.09. The first-order valence-electron chi connectivity index (χ1n) is 7.88. The second kappa shape index (κ2) is 7.84. The zero-order chi connectivity index (χ0) is 16.1. The molecule has 1 aromatic carbocycles. The standard InChI is InChI=1S/C17H25ClN2O2/c1-4-17(21)20-8-7-15(12(2)11-20)19-10-13-5-6-16(22-3)14(18)9-13/h5-6,9,12,15,19H,4,7-8,10-11H2,1-3H3/t12-,15+/m1/s1. The molecule has 5 heteroatoms. The van der Waals surface area contributed by atoms with Crippen LogP contribution in [-0.4, -0.2) is 37.0 Å².